The van der Waals surface area contributed by atoms with Crippen molar-refractivity contribution >= 4 is 17.3 Å². The second-order valence-electron chi connectivity index (χ2n) is 5.27. The monoisotopic (exact) mass is 268 g/mol. The number of rotatable bonds is 3. The van der Waals surface area contributed by atoms with Crippen molar-refractivity contribution in [1.29, 1.82) is 0 Å². The van der Waals surface area contributed by atoms with E-state index in [0.29, 0.717) is 6.54 Å². The molecule has 1 aliphatic heterocycles. The first-order valence-corrected chi connectivity index (χ1v) is 6.82. The molecule has 3 nitrogen and oxygen atoms in total. The highest BCUT2D eigenvalue weighted by molar-refractivity contribution is 6.33. The predicted molar refractivity (Wildman–Crippen MR) is 76.5 cm³/mol. The van der Waals surface area contributed by atoms with Gasteiger partial charge in [-0.25, -0.2) is 0 Å². The molecular formula is C14H21ClN2O. The van der Waals surface area contributed by atoms with Crippen LogP contribution in [0.1, 0.15) is 24.0 Å². The molecular weight excluding hydrogens is 248 g/mol. The van der Waals surface area contributed by atoms with Gasteiger partial charge in [0.25, 0.3) is 0 Å². The minimum absolute atomic E-state index is 0.554. The SMILES string of the molecule is Cc1cc(C)c(NCC2(O)CCNCC2)c(Cl)c1. The summed E-state index contributed by atoms with van der Waals surface area (Å²) in [7, 11) is 0. The van der Waals surface area contributed by atoms with E-state index in [4.69, 9.17) is 11.6 Å². The van der Waals surface area contributed by atoms with Crippen molar-refractivity contribution in [2.24, 2.45) is 0 Å². The van der Waals surface area contributed by atoms with Crippen LogP contribution in [0.25, 0.3) is 0 Å². The molecule has 0 saturated carbocycles. The molecule has 1 aromatic carbocycles. The second kappa shape index (κ2) is 5.47. The minimum Gasteiger partial charge on any atom is -0.388 e. The summed E-state index contributed by atoms with van der Waals surface area (Å²) in [6.45, 7) is 6.37. The number of hydrogen-bond donors (Lipinski definition) is 3. The van der Waals surface area contributed by atoms with Crippen LogP contribution in [-0.2, 0) is 0 Å². The zero-order valence-electron chi connectivity index (χ0n) is 11.0. The van der Waals surface area contributed by atoms with Gasteiger partial charge in [-0.3, -0.25) is 0 Å². The molecule has 0 aromatic heterocycles. The summed E-state index contributed by atoms with van der Waals surface area (Å²) in [5, 5.41) is 17.7. The molecule has 1 aliphatic rings. The highest BCUT2D eigenvalue weighted by atomic mass is 35.5. The summed E-state index contributed by atoms with van der Waals surface area (Å²) in [6, 6.07) is 4.05. The number of halogens is 1. The molecule has 1 heterocycles. The van der Waals surface area contributed by atoms with Crippen molar-refractivity contribution in [3.05, 3.63) is 28.3 Å². The van der Waals surface area contributed by atoms with Crippen LogP contribution < -0.4 is 10.6 Å². The molecule has 1 saturated heterocycles. The Labute approximate surface area is 114 Å². The highest BCUT2D eigenvalue weighted by Gasteiger charge is 2.29. The van der Waals surface area contributed by atoms with E-state index < -0.39 is 5.60 Å². The van der Waals surface area contributed by atoms with Gasteiger partial charge < -0.3 is 15.7 Å². The average Bonchev–Trinajstić information content (AvgIpc) is 2.28. The maximum Gasteiger partial charge on any atom is 0.0843 e. The Morgan fingerprint density at radius 2 is 2.00 bits per heavy atom. The number of anilines is 1. The first-order valence-electron chi connectivity index (χ1n) is 6.44. The predicted octanol–water partition coefficient (Wildman–Crippen LogP) is 2.48. The molecule has 100 valence electrons. The Morgan fingerprint density at radius 1 is 1.33 bits per heavy atom. The van der Waals surface area contributed by atoms with Crippen molar-refractivity contribution in [2.75, 3.05) is 25.0 Å². The van der Waals surface area contributed by atoms with Crippen molar-refractivity contribution < 1.29 is 5.11 Å². The third-order valence-electron chi connectivity index (χ3n) is 3.56. The fourth-order valence-corrected chi connectivity index (χ4v) is 2.85. The third-order valence-corrected chi connectivity index (χ3v) is 3.86. The Hall–Kier alpha value is -0.770. The molecule has 0 aliphatic carbocycles. The Morgan fingerprint density at radius 3 is 2.61 bits per heavy atom. The zero-order chi connectivity index (χ0) is 13.2. The van der Waals surface area contributed by atoms with Crippen LogP contribution in [0.3, 0.4) is 0 Å². The lowest BCUT2D eigenvalue weighted by Crippen LogP contribution is -2.46. The second-order valence-corrected chi connectivity index (χ2v) is 5.67. The Bertz CT molecular complexity index is 405. The maximum atomic E-state index is 10.4. The summed E-state index contributed by atoms with van der Waals surface area (Å²) in [4.78, 5) is 0. The fraction of sp³-hybridized carbons (Fsp3) is 0.571. The molecule has 18 heavy (non-hydrogen) atoms. The number of nitrogens with one attached hydrogen (secondary N) is 2. The van der Waals surface area contributed by atoms with Crippen molar-refractivity contribution in [2.45, 2.75) is 32.3 Å². The molecule has 0 unspecified atom stereocenters. The van der Waals surface area contributed by atoms with Crippen molar-refractivity contribution in [1.82, 2.24) is 5.32 Å². The molecule has 1 fully saturated rings. The van der Waals surface area contributed by atoms with Crippen LogP contribution in [0.5, 0.6) is 0 Å². The van der Waals surface area contributed by atoms with E-state index in [1.165, 1.54) is 0 Å². The van der Waals surface area contributed by atoms with Gasteiger partial charge in [0, 0.05) is 6.54 Å². The number of aryl methyl sites for hydroxylation is 2. The number of benzene rings is 1. The molecule has 0 amide bonds. The van der Waals surface area contributed by atoms with Gasteiger partial charge >= 0.3 is 0 Å². The van der Waals surface area contributed by atoms with Crippen LogP contribution in [0.2, 0.25) is 5.02 Å². The fourth-order valence-electron chi connectivity index (χ4n) is 2.46. The summed E-state index contributed by atoms with van der Waals surface area (Å²) < 4.78 is 0. The van der Waals surface area contributed by atoms with Gasteiger partial charge in [0.15, 0.2) is 0 Å². The standard InChI is InChI=1S/C14H21ClN2O/c1-10-7-11(2)13(12(15)8-10)17-9-14(18)3-5-16-6-4-14/h7-8,16-18H,3-6,9H2,1-2H3. The zero-order valence-corrected chi connectivity index (χ0v) is 11.8. The summed E-state index contributed by atoms with van der Waals surface area (Å²) in [6.07, 6.45) is 1.56. The Kier molecular flexibility index (Phi) is 4.15. The largest absolute Gasteiger partial charge is 0.388 e. The van der Waals surface area contributed by atoms with Gasteiger partial charge in [-0.15, -0.1) is 0 Å². The highest BCUT2D eigenvalue weighted by Crippen LogP contribution is 2.28. The summed E-state index contributed by atoms with van der Waals surface area (Å²) in [5.74, 6) is 0. The minimum atomic E-state index is -0.619. The lowest BCUT2D eigenvalue weighted by molar-refractivity contribution is 0.0232. The quantitative estimate of drug-likeness (QED) is 0.789. The number of aliphatic hydroxyl groups is 1. The van der Waals surface area contributed by atoms with E-state index in [-0.39, 0.29) is 0 Å². The summed E-state index contributed by atoms with van der Waals surface area (Å²) in [5.41, 5.74) is 2.60. The lowest BCUT2D eigenvalue weighted by atomic mass is 9.92. The van der Waals surface area contributed by atoms with E-state index in [0.717, 1.165) is 47.8 Å². The molecule has 0 bridgehead atoms. The molecule has 3 N–H and O–H groups in total. The van der Waals surface area contributed by atoms with Gasteiger partial charge in [-0.1, -0.05) is 17.7 Å². The number of hydrogen-bond acceptors (Lipinski definition) is 3. The Balaban J connectivity index is 2.06. The van der Waals surface area contributed by atoms with Crippen molar-refractivity contribution in [3.63, 3.8) is 0 Å². The third kappa shape index (κ3) is 3.16. The van der Waals surface area contributed by atoms with E-state index in [9.17, 15) is 5.11 Å². The smallest absolute Gasteiger partial charge is 0.0843 e. The molecule has 0 radical (unpaired) electrons. The number of piperidine rings is 1. The van der Waals surface area contributed by atoms with Crippen molar-refractivity contribution in [3.8, 4) is 0 Å². The van der Waals surface area contributed by atoms with Crippen LogP contribution in [0, 0.1) is 13.8 Å². The first kappa shape index (κ1) is 13.7. The van der Waals surface area contributed by atoms with Crippen LogP contribution in [0.15, 0.2) is 12.1 Å². The normalized spacial score (nSPS) is 18.7. The lowest BCUT2D eigenvalue weighted by Gasteiger charge is -2.33. The van der Waals surface area contributed by atoms with E-state index in [1.807, 2.05) is 19.9 Å². The van der Waals surface area contributed by atoms with Gasteiger partial charge in [0.1, 0.15) is 0 Å². The van der Waals surface area contributed by atoms with Crippen LogP contribution in [0.4, 0.5) is 5.69 Å². The average molecular weight is 269 g/mol. The van der Waals surface area contributed by atoms with Crippen LogP contribution in [-0.4, -0.2) is 30.3 Å². The molecule has 0 atom stereocenters. The molecule has 1 aromatic rings. The molecule has 4 heteroatoms. The van der Waals surface area contributed by atoms with Gasteiger partial charge in [-0.05, 0) is 57.0 Å². The first-order chi connectivity index (χ1) is 8.50. The van der Waals surface area contributed by atoms with Gasteiger partial charge in [0.05, 0.1) is 16.3 Å². The molecule has 0 spiro atoms. The van der Waals surface area contributed by atoms with Gasteiger partial charge in [0.2, 0.25) is 0 Å². The van der Waals surface area contributed by atoms with E-state index in [1.54, 1.807) is 0 Å². The van der Waals surface area contributed by atoms with Crippen LogP contribution >= 0.6 is 11.6 Å². The van der Waals surface area contributed by atoms with E-state index >= 15 is 0 Å². The maximum absolute atomic E-state index is 10.4. The van der Waals surface area contributed by atoms with Gasteiger partial charge in [-0.2, -0.15) is 0 Å². The summed E-state index contributed by atoms with van der Waals surface area (Å²) >= 11 is 6.24. The topological polar surface area (TPSA) is 44.3 Å². The molecule has 2 rings (SSSR count). The van der Waals surface area contributed by atoms with E-state index in [2.05, 4.69) is 16.7 Å².